The Labute approximate surface area is 125 Å². The van der Waals surface area contributed by atoms with Crippen molar-refractivity contribution in [3.05, 3.63) is 65.7 Å². The van der Waals surface area contributed by atoms with Gasteiger partial charge in [-0.15, -0.1) is 11.8 Å². The summed E-state index contributed by atoms with van der Waals surface area (Å²) < 4.78 is 6.07. The average Bonchev–Trinajstić information content (AvgIpc) is 2.51. The molecule has 0 amide bonds. The quantitative estimate of drug-likeness (QED) is 0.783. The van der Waals surface area contributed by atoms with Crippen molar-refractivity contribution in [1.29, 1.82) is 0 Å². The molecule has 3 rings (SSSR count). The molecule has 2 aromatic carbocycles. The third-order valence-electron chi connectivity index (χ3n) is 3.77. The van der Waals surface area contributed by atoms with Crippen LogP contribution in [0.3, 0.4) is 0 Å². The van der Waals surface area contributed by atoms with Crippen LogP contribution in [-0.4, -0.2) is 11.9 Å². The number of hydrogen-bond donors (Lipinski definition) is 0. The molecule has 0 N–H and O–H groups in total. The van der Waals surface area contributed by atoms with Gasteiger partial charge in [0.25, 0.3) is 0 Å². The predicted molar refractivity (Wildman–Crippen MR) is 85.2 cm³/mol. The highest BCUT2D eigenvalue weighted by Crippen LogP contribution is 2.40. The molecule has 1 fully saturated rings. The van der Waals surface area contributed by atoms with Crippen molar-refractivity contribution < 1.29 is 4.74 Å². The zero-order valence-electron chi connectivity index (χ0n) is 11.8. The van der Waals surface area contributed by atoms with E-state index < -0.39 is 0 Å². The molecule has 2 aromatic rings. The topological polar surface area (TPSA) is 9.23 Å². The van der Waals surface area contributed by atoms with Crippen LogP contribution in [0.25, 0.3) is 0 Å². The van der Waals surface area contributed by atoms with Crippen molar-refractivity contribution in [2.24, 2.45) is 0 Å². The van der Waals surface area contributed by atoms with E-state index in [1.165, 1.54) is 22.4 Å². The highest BCUT2D eigenvalue weighted by Gasteiger charge is 2.28. The van der Waals surface area contributed by atoms with Gasteiger partial charge in [-0.05, 0) is 37.0 Å². The molecule has 2 heteroatoms. The normalized spacial score (nSPS) is 22.6. The van der Waals surface area contributed by atoms with Crippen LogP contribution in [0, 0.1) is 6.92 Å². The van der Waals surface area contributed by atoms with Gasteiger partial charge < -0.3 is 4.74 Å². The zero-order chi connectivity index (χ0) is 13.8. The van der Waals surface area contributed by atoms with E-state index in [-0.39, 0.29) is 6.10 Å². The predicted octanol–water partition coefficient (Wildman–Crippen LogP) is 5.01. The van der Waals surface area contributed by atoms with Gasteiger partial charge in [0.2, 0.25) is 0 Å². The molecule has 1 nitrogen and oxygen atoms in total. The van der Waals surface area contributed by atoms with E-state index in [1.807, 2.05) is 11.8 Å². The summed E-state index contributed by atoms with van der Waals surface area (Å²) in [5, 5.41) is 0.507. The van der Waals surface area contributed by atoms with E-state index in [2.05, 4.69) is 61.5 Å². The lowest BCUT2D eigenvalue weighted by molar-refractivity contribution is 0.0202. The fourth-order valence-corrected chi connectivity index (χ4v) is 4.06. The molecule has 104 valence electrons. The highest BCUT2D eigenvalue weighted by molar-refractivity contribution is 8.00. The van der Waals surface area contributed by atoms with Crippen LogP contribution in [0.1, 0.15) is 30.1 Å². The molecule has 2 atom stereocenters. The molecule has 1 saturated heterocycles. The molecule has 1 aliphatic heterocycles. The number of thioether (sulfide) groups is 1. The fraction of sp³-hybridized carbons (Fsp3) is 0.333. The van der Waals surface area contributed by atoms with E-state index >= 15 is 0 Å². The van der Waals surface area contributed by atoms with Gasteiger partial charge in [-0.1, -0.05) is 48.5 Å². The summed E-state index contributed by atoms with van der Waals surface area (Å²) in [5.41, 5.74) is 2.66. The summed E-state index contributed by atoms with van der Waals surface area (Å²) >= 11 is 1.97. The van der Waals surface area contributed by atoms with Crippen LogP contribution >= 0.6 is 11.8 Å². The minimum Gasteiger partial charge on any atom is -0.372 e. The number of benzene rings is 2. The fourth-order valence-electron chi connectivity index (χ4n) is 2.68. The summed E-state index contributed by atoms with van der Waals surface area (Å²) in [6.07, 6.45) is 2.60. The summed E-state index contributed by atoms with van der Waals surface area (Å²) in [6.45, 7) is 3.06. The molecule has 0 saturated carbocycles. The first-order valence-electron chi connectivity index (χ1n) is 7.23. The van der Waals surface area contributed by atoms with E-state index in [4.69, 9.17) is 4.74 Å². The summed E-state index contributed by atoms with van der Waals surface area (Å²) in [4.78, 5) is 1.38. The second-order valence-corrected chi connectivity index (χ2v) is 6.55. The number of rotatable bonds is 3. The molecular formula is C18H20OS. The van der Waals surface area contributed by atoms with E-state index in [9.17, 15) is 0 Å². The average molecular weight is 284 g/mol. The van der Waals surface area contributed by atoms with Gasteiger partial charge in [-0.25, -0.2) is 0 Å². The number of hydrogen-bond acceptors (Lipinski definition) is 2. The van der Waals surface area contributed by atoms with Crippen LogP contribution in [0.5, 0.6) is 0 Å². The third kappa shape index (κ3) is 3.08. The zero-order valence-corrected chi connectivity index (χ0v) is 12.6. The molecule has 20 heavy (non-hydrogen) atoms. The first kappa shape index (κ1) is 13.7. The van der Waals surface area contributed by atoms with E-state index in [1.54, 1.807) is 0 Å². The van der Waals surface area contributed by atoms with Crippen LogP contribution in [0.2, 0.25) is 0 Å². The Morgan fingerprint density at radius 3 is 2.55 bits per heavy atom. The van der Waals surface area contributed by atoms with Crippen LogP contribution in [0.15, 0.2) is 59.5 Å². The lowest BCUT2D eigenvalue weighted by Crippen LogP contribution is -2.24. The summed E-state index contributed by atoms with van der Waals surface area (Å²) in [7, 11) is 0. The minimum absolute atomic E-state index is 0.217. The summed E-state index contributed by atoms with van der Waals surface area (Å²) in [6, 6.07) is 19.3. The van der Waals surface area contributed by atoms with Gasteiger partial charge in [-0.2, -0.15) is 0 Å². The largest absolute Gasteiger partial charge is 0.372 e. The molecular weight excluding hydrogens is 264 g/mol. The second-order valence-electron chi connectivity index (χ2n) is 5.27. The molecule has 1 heterocycles. The van der Waals surface area contributed by atoms with Gasteiger partial charge in [0.15, 0.2) is 0 Å². The maximum Gasteiger partial charge on any atom is 0.0946 e. The number of ether oxygens (including phenoxy) is 1. The van der Waals surface area contributed by atoms with E-state index in [0.29, 0.717) is 5.25 Å². The van der Waals surface area contributed by atoms with Gasteiger partial charge in [0.05, 0.1) is 6.10 Å². The Morgan fingerprint density at radius 2 is 1.75 bits per heavy atom. The van der Waals surface area contributed by atoms with Crippen molar-refractivity contribution >= 4 is 11.8 Å². The first-order chi connectivity index (χ1) is 9.84. The van der Waals surface area contributed by atoms with Crippen LogP contribution < -0.4 is 0 Å². The van der Waals surface area contributed by atoms with Crippen molar-refractivity contribution in [2.45, 2.75) is 36.0 Å². The lowest BCUT2D eigenvalue weighted by Gasteiger charge is -2.32. The maximum atomic E-state index is 6.07. The second kappa shape index (κ2) is 6.47. The van der Waals surface area contributed by atoms with Gasteiger partial charge >= 0.3 is 0 Å². The summed E-state index contributed by atoms with van der Waals surface area (Å²) in [5.74, 6) is 0. The van der Waals surface area contributed by atoms with Crippen LogP contribution in [0.4, 0.5) is 0 Å². The Kier molecular flexibility index (Phi) is 4.44. The Balaban J connectivity index is 1.81. The molecule has 0 unspecified atom stereocenters. The monoisotopic (exact) mass is 284 g/mol. The molecule has 0 bridgehead atoms. The lowest BCUT2D eigenvalue weighted by atomic mass is 10.0. The standard InChI is InChI=1S/C18H20OS/c1-14-8-5-6-11-16(14)20-17-12-7-13-19-18(17)15-9-3-2-4-10-15/h2-6,8-11,17-18H,7,12-13H2,1H3/t17-,18+/m0/s1. The van der Waals surface area contributed by atoms with Crippen molar-refractivity contribution in [3.8, 4) is 0 Å². The smallest absolute Gasteiger partial charge is 0.0946 e. The van der Waals surface area contributed by atoms with E-state index in [0.717, 1.165) is 13.0 Å². The van der Waals surface area contributed by atoms with Gasteiger partial charge in [0.1, 0.15) is 0 Å². The molecule has 0 aromatic heterocycles. The molecule has 0 spiro atoms. The SMILES string of the molecule is Cc1ccccc1S[C@H]1CCCO[C@@H]1c1ccccc1. The first-order valence-corrected chi connectivity index (χ1v) is 8.11. The van der Waals surface area contributed by atoms with Gasteiger partial charge in [-0.3, -0.25) is 0 Å². The number of aryl methyl sites for hydroxylation is 1. The highest BCUT2D eigenvalue weighted by atomic mass is 32.2. The Bertz CT molecular complexity index is 552. The molecule has 0 aliphatic carbocycles. The maximum absolute atomic E-state index is 6.07. The minimum atomic E-state index is 0.217. The van der Waals surface area contributed by atoms with Crippen molar-refractivity contribution in [1.82, 2.24) is 0 Å². The molecule has 1 aliphatic rings. The van der Waals surface area contributed by atoms with Crippen molar-refractivity contribution in [2.75, 3.05) is 6.61 Å². The third-order valence-corrected chi connectivity index (χ3v) is 5.27. The van der Waals surface area contributed by atoms with Gasteiger partial charge in [0, 0.05) is 16.8 Å². The Morgan fingerprint density at radius 1 is 1.00 bits per heavy atom. The Hall–Kier alpha value is -1.25. The molecule has 0 radical (unpaired) electrons. The van der Waals surface area contributed by atoms with Crippen molar-refractivity contribution in [3.63, 3.8) is 0 Å². The van der Waals surface area contributed by atoms with Crippen LogP contribution in [-0.2, 0) is 4.74 Å².